The number of nitrogens with zero attached hydrogens (tertiary/aromatic N) is 10. The monoisotopic (exact) mass is 1130 g/mol. The highest BCUT2D eigenvalue weighted by Crippen LogP contribution is 2.21. The first-order valence-electron chi connectivity index (χ1n) is 26.6. The summed E-state index contributed by atoms with van der Waals surface area (Å²) in [6.07, 6.45) is 12.2. The van der Waals surface area contributed by atoms with E-state index in [1.54, 1.807) is 31.6 Å². The molecule has 2 saturated heterocycles. The zero-order valence-electron chi connectivity index (χ0n) is 45.4. The minimum absolute atomic E-state index is 0.00920. The highest BCUT2D eigenvalue weighted by Gasteiger charge is 2.21. The Balaban J connectivity index is 0.000000200. The Morgan fingerprint density at radius 3 is 1.69 bits per heavy atom. The second-order valence-corrected chi connectivity index (χ2v) is 19.7. The number of aromatic nitrogens is 8. The number of amides is 2. The fourth-order valence-corrected chi connectivity index (χ4v) is 9.13. The SMILES string of the molecule is CN1CCC(Oc2cnc3ccc(C#CCNC(=O)c4cncn(Cc5ccc(F)c(F)c5)c4=O)cc3n2)CC1.COCCN1CCC(Nc2cnc3ccc(C#CCNC(=O)c4cncn(Cc5ccc(F)c(F)c5)c4=O)cc3n2)CC1. The molecule has 10 rings (SSSR count). The molecule has 0 atom stereocenters. The van der Waals surface area contributed by atoms with Crippen LogP contribution in [0.3, 0.4) is 0 Å². The maximum atomic E-state index is 13.5. The van der Waals surface area contributed by atoms with E-state index in [1.165, 1.54) is 24.8 Å². The van der Waals surface area contributed by atoms with Crippen molar-refractivity contribution in [1.82, 2.24) is 59.5 Å². The van der Waals surface area contributed by atoms with Crippen molar-refractivity contribution in [2.45, 2.75) is 50.9 Å². The second-order valence-electron chi connectivity index (χ2n) is 19.7. The highest BCUT2D eigenvalue weighted by molar-refractivity contribution is 5.94. The largest absolute Gasteiger partial charge is 0.473 e. The number of rotatable bonds is 15. The van der Waals surface area contributed by atoms with Crippen molar-refractivity contribution in [1.29, 1.82) is 0 Å². The molecular weight excluding hydrogens is 1070 g/mol. The first kappa shape index (κ1) is 58.2. The number of hydrogen-bond donors (Lipinski definition) is 3. The Kier molecular flexibility index (Phi) is 19.5. The molecule has 2 aliphatic heterocycles. The smallest absolute Gasteiger partial charge is 0.266 e. The fraction of sp³-hybridized carbons (Fsp3) is 0.300. The molecule has 3 N–H and O–H groups in total. The Labute approximate surface area is 474 Å². The van der Waals surface area contributed by atoms with Gasteiger partial charge in [-0.2, -0.15) is 0 Å². The van der Waals surface area contributed by atoms with E-state index in [0.717, 1.165) is 116 Å². The van der Waals surface area contributed by atoms with Gasteiger partial charge in [-0.25, -0.2) is 42.5 Å². The molecule has 0 bridgehead atoms. The predicted molar refractivity (Wildman–Crippen MR) is 302 cm³/mol. The maximum absolute atomic E-state index is 13.5. The van der Waals surface area contributed by atoms with Crippen LogP contribution in [0.15, 0.2) is 120 Å². The third kappa shape index (κ3) is 15.9. The molecule has 0 unspecified atom stereocenters. The standard InChI is InChI=1S/C31H31F2N7O3.C29H26F2N6O3/c1-43-14-13-39-11-8-23(9-12-39)37-29-18-36-27-7-5-21(16-28(27)38-29)3-2-10-35-30(41)24-17-34-20-40(31(24)42)19-22-4-6-25(32)26(33)15-22;1-36-11-8-21(9-12-36)40-27-16-34-25-7-5-19(14-26(25)35-27)3-2-10-33-28(38)22-15-32-18-37(29(22)39)17-20-4-6-23(30)24(31)13-20/h4-7,15-18,20,23H,8-14,19H2,1H3,(H,35,41)(H,37,38);4-7,13-16,18,21H,8-12,17H2,1H3,(H,33,38). The van der Waals surface area contributed by atoms with E-state index in [0.29, 0.717) is 56.5 Å². The first-order valence-corrected chi connectivity index (χ1v) is 26.6. The van der Waals surface area contributed by atoms with Gasteiger partial charge in [0.25, 0.3) is 22.9 Å². The number of piperidine rings is 2. The molecule has 0 aliphatic carbocycles. The van der Waals surface area contributed by atoms with Gasteiger partial charge in [0.15, 0.2) is 23.3 Å². The van der Waals surface area contributed by atoms with Gasteiger partial charge in [-0.05, 0) is 105 Å². The number of anilines is 1. The summed E-state index contributed by atoms with van der Waals surface area (Å²) in [6.45, 7) is 5.49. The Bertz CT molecular complexity index is 3900. The van der Waals surface area contributed by atoms with Crippen LogP contribution in [0.5, 0.6) is 5.88 Å². The van der Waals surface area contributed by atoms with E-state index in [9.17, 15) is 36.7 Å². The molecule has 4 aromatic carbocycles. The summed E-state index contributed by atoms with van der Waals surface area (Å²) in [5.74, 6) is 7.62. The molecular formula is C60H57F4N13O6. The summed E-state index contributed by atoms with van der Waals surface area (Å²) in [5, 5.41) is 8.68. The van der Waals surface area contributed by atoms with E-state index in [-0.39, 0.29) is 43.4 Å². The van der Waals surface area contributed by atoms with Crippen LogP contribution < -0.4 is 31.8 Å². The predicted octanol–water partition coefficient (Wildman–Crippen LogP) is 5.58. The van der Waals surface area contributed by atoms with Crippen molar-refractivity contribution in [3.05, 3.63) is 188 Å². The highest BCUT2D eigenvalue weighted by atomic mass is 19.2. The van der Waals surface area contributed by atoms with Gasteiger partial charge in [-0.15, -0.1) is 0 Å². The number of benzene rings is 4. The van der Waals surface area contributed by atoms with E-state index in [4.69, 9.17) is 14.5 Å². The summed E-state index contributed by atoms with van der Waals surface area (Å²) >= 11 is 0. The molecule has 0 radical (unpaired) electrons. The number of nitrogens with one attached hydrogen (secondary N) is 3. The summed E-state index contributed by atoms with van der Waals surface area (Å²) in [4.78, 5) is 81.6. The Morgan fingerprint density at radius 1 is 0.627 bits per heavy atom. The molecule has 83 heavy (non-hydrogen) atoms. The Morgan fingerprint density at radius 2 is 1.16 bits per heavy atom. The minimum Gasteiger partial charge on any atom is -0.473 e. The molecule has 19 nitrogen and oxygen atoms in total. The number of methoxy groups -OCH3 is 1. The van der Waals surface area contributed by atoms with Crippen LogP contribution in [-0.2, 0) is 17.8 Å². The van der Waals surface area contributed by atoms with Gasteiger partial charge in [-0.1, -0.05) is 35.8 Å². The van der Waals surface area contributed by atoms with Crippen LogP contribution in [0.25, 0.3) is 22.1 Å². The molecule has 23 heteroatoms. The number of fused-ring (bicyclic) bond motifs is 2. The van der Waals surface area contributed by atoms with Crippen molar-refractivity contribution in [2.24, 2.45) is 0 Å². The quantitative estimate of drug-likeness (QED) is 0.0844. The van der Waals surface area contributed by atoms with Gasteiger partial charge in [0.05, 0.1) is 79.9 Å². The van der Waals surface area contributed by atoms with Crippen molar-refractivity contribution >= 4 is 39.7 Å². The van der Waals surface area contributed by atoms with Gasteiger partial charge in [0.2, 0.25) is 5.88 Å². The van der Waals surface area contributed by atoms with Crippen LogP contribution in [0, 0.1) is 47.0 Å². The minimum atomic E-state index is -1.02. The van der Waals surface area contributed by atoms with Crippen molar-refractivity contribution in [2.75, 3.05) is 71.9 Å². The topological polar surface area (TPSA) is 217 Å². The number of carbonyl (C=O) groups is 2. The van der Waals surface area contributed by atoms with Crippen LogP contribution in [0.4, 0.5) is 23.4 Å². The van der Waals surface area contributed by atoms with Gasteiger partial charge >= 0.3 is 0 Å². The lowest BCUT2D eigenvalue weighted by atomic mass is 10.1. The zero-order valence-corrected chi connectivity index (χ0v) is 45.4. The van der Waals surface area contributed by atoms with Gasteiger partial charge in [-0.3, -0.25) is 33.3 Å². The molecule has 2 aliphatic rings. The van der Waals surface area contributed by atoms with Crippen LogP contribution in [-0.4, -0.2) is 139 Å². The maximum Gasteiger partial charge on any atom is 0.266 e. The number of ether oxygens (including phenoxy) is 2. The van der Waals surface area contributed by atoms with E-state index >= 15 is 0 Å². The lowest BCUT2D eigenvalue weighted by molar-refractivity contribution is 0.0948. The zero-order chi connectivity index (χ0) is 58.2. The van der Waals surface area contributed by atoms with Gasteiger partial charge < -0.3 is 35.2 Å². The molecule has 6 heterocycles. The third-order valence-electron chi connectivity index (χ3n) is 13.7. The normalized spacial score (nSPS) is 13.9. The summed E-state index contributed by atoms with van der Waals surface area (Å²) < 4.78 is 66.9. The summed E-state index contributed by atoms with van der Waals surface area (Å²) in [5.41, 5.74) is 3.31. The molecule has 8 aromatic rings. The summed E-state index contributed by atoms with van der Waals surface area (Å²) in [7, 11) is 3.81. The first-order chi connectivity index (χ1) is 40.2. The van der Waals surface area contributed by atoms with Crippen LogP contribution in [0.1, 0.15) is 68.7 Å². The second kappa shape index (κ2) is 27.8. The number of hydrogen-bond acceptors (Lipinski definition) is 15. The Hall–Kier alpha value is -9.42. The third-order valence-corrected chi connectivity index (χ3v) is 13.7. The average molecular weight is 1130 g/mol. The lowest BCUT2D eigenvalue weighted by Gasteiger charge is -2.32. The van der Waals surface area contributed by atoms with Gasteiger partial charge in [0, 0.05) is 69.4 Å². The molecule has 2 amide bonds. The van der Waals surface area contributed by atoms with Crippen molar-refractivity contribution in [3.63, 3.8) is 0 Å². The van der Waals surface area contributed by atoms with Crippen molar-refractivity contribution in [3.8, 4) is 29.6 Å². The fourth-order valence-electron chi connectivity index (χ4n) is 9.13. The van der Waals surface area contributed by atoms with E-state index in [2.05, 4.69) is 81.4 Å². The number of likely N-dealkylation sites (tertiary alicyclic amines) is 2. The number of halogens is 4. The molecule has 426 valence electrons. The molecule has 0 saturated carbocycles. The molecule has 4 aromatic heterocycles. The molecule has 0 spiro atoms. The van der Waals surface area contributed by atoms with Crippen LogP contribution >= 0.6 is 0 Å². The van der Waals surface area contributed by atoms with Crippen molar-refractivity contribution < 1.29 is 36.6 Å². The van der Waals surface area contributed by atoms with E-state index < -0.39 is 46.2 Å². The summed E-state index contributed by atoms with van der Waals surface area (Å²) in [6, 6.07) is 17.9. The van der Waals surface area contributed by atoms with Crippen LogP contribution in [0.2, 0.25) is 0 Å². The number of carbonyl (C=O) groups excluding carboxylic acids is 2. The lowest BCUT2D eigenvalue weighted by Crippen LogP contribution is -2.40. The van der Waals surface area contributed by atoms with Gasteiger partial charge in [0.1, 0.15) is 23.0 Å². The van der Waals surface area contributed by atoms with E-state index in [1.807, 2.05) is 24.3 Å². The molecule has 2 fully saturated rings. The average Bonchev–Trinajstić information content (AvgIpc) is 3.52.